The maximum Gasteiger partial charge on any atom is 0.680 e. The molecule has 3 aliphatic carbocycles. The van der Waals surface area contributed by atoms with E-state index in [2.05, 4.69) is 5.32 Å². The molecule has 7 rings (SSSR count). The van der Waals surface area contributed by atoms with E-state index in [1.165, 1.54) is 19.1 Å². The normalized spacial score (nSPS) is 28.7. The fourth-order valence-electron chi connectivity index (χ4n) is 11.3. The Morgan fingerprint density at radius 2 is 1.32 bits per heavy atom. The predicted molar refractivity (Wildman–Crippen MR) is 271 cm³/mol. The van der Waals surface area contributed by atoms with E-state index in [1.54, 1.807) is 99.6 Å². The van der Waals surface area contributed by atoms with E-state index in [1.807, 2.05) is 20.8 Å². The smallest absolute Gasteiger partial charge is 0.456 e. The van der Waals surface area contributed by atoms with Gasteiger partial charge >= 0.3 is 32.9 Å². The van der Waals surface area contributed by atoms with Gasteiger partial charge in [0, 0.05) is 57.5 Å². The zero-order valence-electron chi connectivity index (χ0n) is 44.2. The first-order valence-corrected chi connectivity index (χ1v) is 27.4. The highest BCUT2D eigenvalue weighted by Gasteiger charge is 2.78. The maximum absolute atomic E-state index is 15.9. The first-order valence-electron chi connectivity index (χ1n) is 25.8. The van der Waals surface area contributed by atoms with Gasteiger partial charge in [-0.05, 0) is 74.1 Å². The molecular formula is C56H71NO17Si. The van der Waals surface area contributed by atoms with Gasteiger partial charge in [-0.15, -0.1) is 0 Å². The van der Waals surface area contributed by atoms with Crippen molar-refractivity contribution in [2.75, 3.05) is 26.4 Å². The van der Waals surface area contributed by atoms with Crippen molar-refractivity contribution in [2.24, 2.45) is 16.7 Å². The molecule has 11 atom stereocenters. The second kappa shape index (κ2) is 23.3. The lowest BCUT2D eigenvalue weighted by Gasteiger charge is -2.67. The zero-order chi connectivity index (χ0) is 54.5. The average molecular weight is 1060 g/mol. The van der Waals surface area contributed by atoms with Crippen molar-refractivity contribution < 1.29 is 80.4 Å². The molecule has 2 saturated carbocycles. The molecule has 75 heavy (non-hydrogen) atoms. The lowest BCUT2D eigenvalue weighted by atomic mass is 9.44. The Morgan fingerprint density at radius 3 is 1.83 bits per heavy atom. The summed E-state index contributed by atoms with van der Waals surface area (Å²) in [7, 11) is -4.38. The monoisotopic (exact) mass is 1060 g/mol. The summed E-state index contributed by atoms with van der Waals surface area (Å²) in [6, 6.07) is 23.5. The highest BCUT2D eigenvalue weighted by atomic mass is 28.4. The van der Waals surface area contributed by atoms with Crippen LogP contribution in [0, 0.1) is 16.7 Å². The molecule has 3 aromatic rings. The Bertz CT molecular complexity index is 2560. The Morgan fingerprint density at radius 1 is 0.773 bits per heavy atom. The van der Waals surface area contributed by atoms with Crippen LogP contribution in [0.25, 0.3) is 0 Å². The minimum absolute atomic E-state index is 0.00239. The van der Waals surface area contributed by atoms with Gasteiger partial charge in [0.25, 0.3) is 5.91 Å². The van der Waals surface area contributed by atoms with Crippen LogP contribution in [0.4, 0.5) is 0 Å². The summed E-state index contributed by atoms with van der Waals surface area (Å²) >= 11 is 0. The molecule has 1 unspecified atom stereocenters. The van der Waals surface area contributed by atoms with Crippen LogP contribution < -0.4 is 5.32 Å². The van der Waals surface area contributed by atoms with Crippen molar-refractivity contribution in [1.29, 1.82) is 0 Å². The van der Waals surface area contributed by atoms with Gasteiger partial charge in [0.05, 0.1) is 35.6 Å². The molecule has 18 nitrogen and oxygen atoms in total. The standard InChI is InChI=1S/C56H71NO17Si/c1-10-28-67-75(68-29-11-2,69-30-12-3)74-46(44(37-22-16-13-17-23-37)57-50(62)38-24-18-14-19-25-38)52(64)71-40-32-56(65)49(72-51(63)39-26-20-15-21-27-39)47-54(9,41(60)31-42-55(47,33-66-42)73-36(6)59)48(61)45(70-35(5)58)43(34(40)4)53(56,7)8/h13-27,40-42,44-47,49,60,65H,10-12,28-33H2,1-9H3,(H,57,62)/t40-,41-,42+,44-,45+,46+,47?,49-,54+,55-,56+/m0/s1. The highest BCUT2D eigenvalue weighted by molar-refractivity contribution is 6.53. The number of ether oxygens (including phenoxy) is 5. The third-order valence-corrected chi connectivity index (χ3v) is 17.4. The zero-order valence-corrected chi connectivity index (χ0v) is 45.2. The van der Waals surface area contributed by atoms with E-state index in [9.17, 15) is 29.4 Å². The summed E-state index contributed by atoms with van der Waals surface area (Å²) in [6.07, 6.45) is -8.98. The van der Waals surface area contributed by atoms with Crippen molar-refractivity contribution >= 4 is 44.6 Å². The molecule has 3 aromatic carbocycles. The minimum Gasteiger partial charge on any atom is -0.456 e. The Balaban J connectivity index is 1.46. The van der Waals surface area contributed by atoms with Gasteiger partial charge in [-0.1, -0.05) is 101 Å². The van der Waals surface area contributed by atoms with Crippen LogP contribution in [-0.2, 0) is 60.6 Å². The SMILES string of the molecule is CCCO[Si](OCCC)(OCCC)O[C@@H](C(=O)O[C@H]1C[C@@]2(O)[C@@H](OC(=O)c3ccccc3)C3[C@](C)(C(=O)[C@H](OC(C)=O)C(=C1C)C2(C)C)[C@@H](O)C[C@H]1OC[C@@]31OC(C)=O)[C@@H](NC(=O)c1ccccc1)c1ccccc1. The summed E-state index contributed by atoms with van der Waals surface area (Å²) < 4.78 is 57.3. The maximum atomic E-state index is 15.9. The fourth-order valence-corrected chi connectivity index (χ4v) is 13.7. The van der Waals surface area contributed by atoms with Crippen molar-refractivity contribution in [1.82, 2.24) is 5.32 Å². The van der Waals surface area contributed by atoms with Crippen LogP contribution in [0.2, 0.25) is 0 Å². The number of aliphatic hydroxyl groups excluding tert-OH is 1. The van der Waals surface area contributed by atoms with Gasteiger partial charge in [-0.25, -0.2) is 9.59 Å². The van der Waals surface area contributed by atoms with Gasteiger partial charge < -0.3 is 56.9 Å². The number of aliphatic hydroxyl groups is 2. The van der Waals surface area contributed by atoms with Gasteiger partial charge in [0.2, 0.25) is 0 Å². The lowest BCUT2D eigenvalue weighted by Crippen LogP contribution is -2.82. The topological polar surface area (TPSA) is 238 Å². The van der Waals surface area contributed by atoms with Crippen molar-refractivity contribution in [3.8, 4) is 0 Å². The Hall–Kier alpha value is -5.64. The van der Waals surface area contributed by atoms with Crippen LogP contribution in [0.15, 0.2) is 102 Å². The van der Waals surface area contributed by atoms with Crippen LogP contribution in [0.1, 0.15) is 127 Å². The summed E-state index contributed by atoms with van der Waals surface area (Å²) in [4.78, 5) is 87.1. The van der Waals surface area contributed by atoms with Crippen LogP contribution >= 0.6 is 0 Å². The molecule has 0 radical (unpaired) electrons. The molecular weight excluding hydrogens is 987 g/mol. The number of carbonyl (C=O) groups is 6. The molecule has 3 N–H and O–H groups in total. The molecule has 0 aromatic heterocycles. The number of ketones is 1. The van der Waals surface area contributed by atoms with E-state index in [-0.39, 0.29) is 55.1 Å². The number of benzene rings is 3. The summed E-state index contributed by atoms with van der Waals surface area (Å²) in [5, 5.41) is 29.4. The van der Waals surface area contributed by atoms with E-state index >= 15 is 9.59 Å². The van der Waals surface area contributed by atoms with Crippen molar-refractivity contribution in [2.45, 2.75) is 148 Å². The molecule has 406 valence electrons. The van der Waals surface area contributed by atoms with Gasteiger partial charge in [-0.3, -0.25) is 19.2 Å². The number of hydrogen-bond donors (Lipinski definition) is 3. The highest BCUT2D eigenvalue weighted by Crippen LogP contribution is 2.64. The number of hydrogen-bond acceptors (Lipinski definition) is 17. The molecule has 1 amide bonds. The lowest BCUT2D eigenvalue weighted by molar-refractivity contribution is -0.346. The first-order chi connectivity index (χ1) is 35.6. The summed E-state index contributed by atoms with van der Waals surface area (Å²) in [5.41, 5.74) is -7.13. The van der Waals surface area contributed by atoms with Gasteiger partial charge in [0.15, 0.2) is 23.6 Å². The van der Waals surface area contributed by atoms with E-state index in [0.29, 0.717) is 24.8 Å². The second-order valence-corrected chi connectivity index (χ2v) is 22.6. The largest absolute Gasteiger partial charge is 0.680 e. The average Bonchev–Trinajstić information content (AvgIpc) is 3.38. The van der Waals surface area contributed by atoms with E-state index in [4.69, 9.17) is 41.4 Å². The Labute approximate surface area is 439 Å². The number of Topliss-reactive ketones (excluding diaryl/α,β-unsaturated/α-hetero) is 1. The van der Waals surface area contributed by atoms with Crippen LogP contribution in [0.5, 0.6) is 0 Å². The molecule has 2 bridgehead atoms. The van der Waals surface area contributed by atoms with Crippen LogP contribution in [0.3, 0.4) is 0 Å². The third-order valence-electron chi connectivity index (χ3n) is 15.2. The summed E-state index contributed by atoms with van der Waals surface area (Å²) in [6.45, 7) is 14.1. The molecule has 3 fully saturated rings. The minimum atomic E-state index is -4.38. The molecule has 1 saturated heterocycles. The molecule has 4 aliphatic rings. The van der Waals surface area contributed by atoms with Gasteiger partial charge in [0.1, 0.15) is 23.9 Å². The number of carbonyl (C=O) groups excluding carboxylic acids is 6. The van der Waals surface area contributed by atoms with E-state index < -0.39 is 122 Å². The molecule has 1 aliphatic heterocycles. The molecule has 19 heteroatoms. The summed E-state index contributed by atoms with van der Waals surface area (Å²) in [5.74, 6) is -6.74. The number of nitrogens with one attached hydrogen (secondary N) is 1. The van der Waals surface area contributed by atoms with Crippen molar-refractivity contribution in [3.63, 3.8) is 0 Å². The van der Waals surface area contributed by atoms with Crippen molar-refractivity contribution in [3.05, 3.63) is 119 Å². The van der Waals surface area contributed by atoms with E-state index in [0.717, 1.165) is 13.8 Å². The number of rotatable bonds is 21. The Kier molecular flexibility index (Phi) is 17.7. The fraction of sp³-hybridized carbons (Fsp3) is 0.536. The van der Waals surface area contributed by atoms with Gasteiger partial charge in [-0.2, -0.15) is 0 Å². The number of amides is 1. The van der Waals surface area contributed by atoms with Crippen LogP contribution in [-0.4, -0.2) is 129 Å². The number of esters is 4. The second-order valence-electron chi connectivity index (χ2n) is 20.5. The predicted octanol–water partition coefficient (Wildman–Crippen LogP) is 6.48. The quantitative estimate of drug-likeness (QED) is 0.0448. The molecule has 0 spiro atoms. The third kappa shape index (κ3) is 11.0. The number of fused-ring (bicyclic) bond motifs is 5. The molecule has 1 heterocycles. The first kappa shape index (κ1) is 57.1.